The van der Waals surface area contributed by atoms with Crippen molar-refractivity contribution in [3.63, 3.8) is 0 Å². The van der Waals surface area contributed by atoms with E-state index in [0.29, 0.717) is 6.04 Å². The van der Waals surface area contributed by atoms with E-state index in [0.717, 1.165) is 5.92 Å². The van der Waals surface area contributed by atoms with E-state index in [1.807, 2.05) is 0 Å². The molecule has 1 fully saturated rings. The Kier molecular flexibility index (Phi) is 4.06. The first-order chi connectivity index (χ1) is 8.20. The zero-order valence-corrected chi connectivity index (χ0v) is 11.2. The minimum Gasteiger partial charge on any atom is -0.378 e. The van der Waals surface area contributed by atoms with Gasteiger partial charge < -0.3 is 10.2 Å². The third kappa shape index (κ3) is 3.47. The second-order valence-corrected chi connectivity index (χ2v) is 5.35. The maximum atomic E-state index is 3.44. The number of nitrogens with zero attached hydrogens (tertiary/aromatic N) is 1. The fourth-order valence-electron chi connectivity index (χ4n) is 2.29. The van der Waals surface area contributed by atoms with Crippen LogP contribution in [0, 0.1) is 5.92 Å². The van der Waals surface area contributed by atoms with Gasteiger partial charge in [0.15, 0.2) is 0 Å². The van der Waals surface area contributed by atoms with Gasteiger partial charge in [0, 0.05) is 25.8 Å². The molecule has 1 aromatic carbocycles. The average molecular weight is 232 g/mol. The highest BCUT2D eigenvalue weighted by Crippen LogP contribution is 2.35. The van der Waals surface area contributed by atoms with Crippen LogP contribution in [-0.2, 0) is 0 Å². The van der Waals surface area contributed by atoms with Crippen molar-refractivity contribution in [3.8, 4) is 0 Å². The van der Waals surface area contributed by atoms with Gasteiger partial charge in [0.1, 0.15) is 0 Å². The van der Waals surface area contributed by atoms with Crippen LogP contribution in [-0.4, -0.2) is 21.1 Å². The van der Waals surface area contributed by atoms with Crippen molar-refractivity contribution in [1.82, 2.24) is 5.32 Å². The van der Waals surface area contributed by atoms with Gasteiger partial charge in [0.05, 0.1) is 0 Å². The molecule has 0 aliphatic heterocycles. The summed E-state index contributed by atoms with van der Waals surface area (Å²) in [6, 6.07) is 9.44. The lowest BCUT2D eigenvalue weighted by Gasteiger charge is -2.18. The fraction of sp³-hybridized carbons (Fsp3) is 0.600. The first-order valence-corrected chi connectivity index (χ1v) is 6.65. The van der Waals surface area contributed by atoms with Gasteiger partial charge in [0.25, 0.3) is 0 Å². The minimum atomic E-state index is 0.520. The number of hydrogen-bond donors (Lipinski definition) is 1. The maximum Gasteiger partial charge on any atom is 0.0361 e. The van der Waals surface area contributed by atoms with Gasteiger partial charge in [0.2, 0.25) is 0 Å². The van der Waals surface area contributed by atoms with Crippen molar-refractivity contribution in [3.05, 3.63) is 29.8 Å². The topological polar surface area (TPSA) is 15.3 Å². The molecule has 1 saturated carbocycles. The van der Waals surface area contributed by atoms with E-state index in [2.05, 4.69) is 55.6 Å². The summed E-state index contributed by atoms with van der Waals surface area (Å²) >= 11 is 0. The molecule has 0 amide bonds. The summed E-state index contributed by atoms with van der Waals surface area (Å²) in [5, 5.41) is 3.44. The molecule has 0 aromatic heterocycles. The lowest BCUT2D eigenvalue weighted by atomic mass is 10.0. The summed E-state index contributed by atoms with van der Waals surface area (Å²) in [7, 11) is 6.23. The van der Waals surface area contributed by atoms with Gasteiger partial charge >= 0.3 is 0 Å². The minimum absolute atomic E-state index is 0.520. The van der Waals surface area contributed by atoms with E-state index < -0.39 is 0 Å². The molecule has 0 saturated heterocycles. The van der Waals surface area contributed by atoms with Crippen molar-refractivity contribution < 1.29 is 0 Å². The third-order valence-corrected chi connectivity index (χ3v) is 3.72. The largest absolute Gasteiger partial charge is 0.378 e. The molecule has 2 nitrogen and oxygen atoms in total. The normalized spacial score (nSPS) is 16.9. The second-order valence-electron chi connectivity index (χ2n) is 5.35. The molecule has 1 aliphatic carbocycles. The molecular formula is C15H24N2. The smallest absolute Gasteiger partial charge is 0.0361 e. The Morgan fingerprint density at radius 2 is 1.88 bits per heavy atom. The molecular weight excluding hydrogens is 208 g/mol. The molecule has 1 aliphatic rings. The summed E-state index contributed by atoms with van der Waals surface area (Å²) in [5.41, 5.74) is 2.68. The van der Waals surface area contributed by atoms with Gasteiger partial charge in [-0.25, -0.2) is 0 Å². The Morgan fingerprint density at radius 3 is 2.35 bits per heavy atom. The van der Waals surface area contributed by atoms with Crippen LogP contribution < -0.4 is 10.2 Å². The highest BCUT2D eigenvalue weighted by molar-refractivity contribution is 5.46. The molecule has 0 spiro atoms. The van der Waals surface area contributed by atoms with Crippen LogP contribution in [0.4, 0.5) is 5.69 Å². The number of nitrogens with one attached hydrogen (secondary N) is 1. The summed E-state index contributed by atoms with van der Waals surface area (Å²) in [4.78, 5) is 2.14. The SMILES string of the molecule is CNC(CCC1CC1)c1ccc(N(C)C)cc1. The number of anilines is 1. The molecule has 1 N–H and O–H groups in total. The second kappa shape index (κ2) is 5.54. The van der Waals surface area contributed by atoms with Crippen LogP contribution >= 0.6 is 0 Å². The van der Waals surface area contributed by atoms with Crippen LogP contribution in [0.15, 0.2) is 24.3 Å². The molecule has 0 heterocycles. The Hall–Kier alpha value is -1.02. The average Bonchev–Trinajstić information content (AvgIpc) is 3.14. The van der Waals surface area contributed by atoms with E-state index in [1.165, 1.54) is 36.9 Å². The van der Waals surface area contributed by atoms with Crippen LogP contribution in [0.2, 0.25) is 0 Å². The molecule has 0 bridgehead atoms. The number of benzene rings is 1. The molecule has 94 valence electrons. The van der Waals surface area contributed by atoms with Crippen molar-refractivity contribution in [1.29, 1.82) is 0 Å². The molecule has 17 heavy (non-hydrogen) atoms. The highest BCUT2D eigenvalue weighted by atomic mass is 15.1. The van der Waals surface area contributed by atoms with Crippen LogP contribution in [0.1, 0.15) is 37.3 Å². The zero-order chi connectivity index (χ0) is 12.3. The first kappa shape index (κ1) is 12.4. The molecule has 1 aromatic rings. The van der Waals surface area contributed by atoms with Gasteiger partial charge in [-0.05, 0) is 43.5 Å². The standard InChI is InChI=1S/C15H24N2/c1-16-15(11-6-12-4-5-12)13-7-9-14(10-8-13)17(2)3/h7-10,12,15-16H,4-6,11H2,1-3H3. The lowest BCUT2D eigenvalue weighted by Crippen LogP contribution is -2.16. The lowest BCUT2D eigenvalue weighted by molar-refractivity contribution is 0.506. The van der Waals surface area contributed by atoms with Gasteiger partial charge in [-0.1, -0.05) is 25.0 Å². The predicted octanol–water partition coefficient (Wildman–Crippen LogP) is 3.20. The van der Waals surface area contributed by atoms with Gasteiger partial charge in [-0.2, -0.15) is 0 Å². The number of rotatable bonds is 6. The Bertz CT molecular complexity index is 338. The van der Waals surface area contributed by atoms with Gasteiger partial charge in [-0.15, -0.1) is 0 Å². The summed E-state index contributed by atoms with van der Waals surface area (Å²) in [5.74, 6) is 1.02. The molecule has 0 radical (unpaired) electrons. The summed E-state index contributed by atoms with van der Waals surface area (Å²) < 4.78 is 0. The van der Waals surface area contributed by atoms with E-state index in [4.69, 9.17) is 0 Å². The Balaban J connectivity index is 1.96. The monoisotopic (exact) mass is 232 g/mol. The molecule has 1 unspecified atom stereocenters. The molecule has 2 rings (SSSR count). The van der Waals surface area contributed by atoms with Crippen molar-refractivity contribution in [2.75, 3.05) is 26.0 Å². The third-order valence-electron chi connectivity index (χ3n) is 3.72. The van der Waals surface area contributed by atoms with Crippen LogP contribution in [0.3, 0.4) is 0 Å². The van der Waals surface area contributed by atoms with Gasteiger partial charge in [-0.3, -0.25) is 0 Å². The Labute approximate surface area is 105 Å². The van der Waals surface area contributed by atoms with Crippen LogP contribution in [0.25, 0.3) is 0 Å². The fourth-order valence-corrected chi connectivity index (χ4v) is 2.29. The van der Waals surface area contributed by atoms with E-state index in [-0.39, 0.29) is 0 Å². The molecule has 1 atom stereocenters. The number of hydrogen-bond acceptors (Lipinski definition) is 2. The predicted molar refractivity (Wildman–Crippen MR) is 74.5 cm³/mol. The van der Waals surface area contributed by atoms with Crippen LogP contribution in [0.5, 0.6) is 0 Å². The van der Waals surface area contributed by atoms with E-state index >= 15 is 0 Å². The maximum absolute atomic E-state index is 3.44. The first-order valence-electron chi connectivity index (χ1n) is 6.65. The van der Waals surface area contributed by atoms with Crippen molar-refractivity contribution >= 4 is 5.69 Å². The quantitative estimate of drug-likeness (QED) is 0.810. The summed E-state index contributed by atoms with van der Waals surface area (Å²) in [6.07, 6.45) is 5.55. The zero-order valence-electron chi connectivity index (χ0n) is 11.2. The molecule has 2 heteroatoms. The van der Waals surface area contributed by atoms with E-state index in [1.54, 1.807) is 0 Å². The highest BCUT2D eigenvalue weighted by Gasteiger charge is 2.22. The Morgan fingerprint density at radius 1 is 1.24 bits per heavy atom. The van der Waals surface area contributed by atoms with Crippen molar-refractivity contribution in [2.45, 2.75) is 31.7 Å². The van der Waals surface area contributed by atoms with Crippen molar-refractivity contribution in [2.24, 2.45) is 5.92 Å². The van der Waals surface area contributed by atoms with E-state index in [9.17, 15) is 0 Å². The summed E-state index contributed by atoms with van der Waals surface area (Å²) in [6.45, 7) is 0.